The van der Waals surface area contributed by atoms with E-state index in [9.17, 15) is 0 Å². The molecular weight excluding hydrogens is 224 g/mol. The molecule has 0 aromatic rings. The lowest BCUT2D eigenvalue weighted by atomic mass is 9.58. The zero-order chi connectivity index (χ0) is 8.89. The summed E-state index contributed by atoms with van der Waals surface area (Å²) >= 11 is 3.76. The van der Waals surface area contributed by atoms with Crippen LogP contribution in [0.1, 0.15) is 44.9 Å². The van der Waals surface area contributed by atoms with Crippen molar-refractivity contribution in [1.29, 1.82) is 0 Å². The van der Waals surface area contributed by atoms with Gasteiger partial charge in [0.15, 0.2) is 0 Å². The first kappa shape index (κ1) is 8.76. The highest BCUT2D eigenvalue weighted by atomic mass is 79.9. The van der Waals surface area contributed by atoms with E-state index in [1.54, 1.807) is 25.7 Å². The van der Waals surface area contributed by atoms with E-state index in [0.717, 1.165) is 23.2 Å². The van der Waals surface area contributed by atoms with Crippen LogP contribution in [0.2, 0.25) is 0 Å². The Hall–Kier alpha value is 0.480. The predicted octanol–water partition coefficient (Wildman–Crippen LogP) is 3.99. The molecule has 0 aromatic carbocycles. The summed E-state index contributed by atoms with van der Waals surface area (Å²) in [7, 11) is 0. The normalized spacial score (nSPS) is 46.4. The maximum atomic E-state index is 3.76. The maximum absolute atomic E-state index is 3.76. The van der Waals surface area contributed by atoms with Crippen LogP contribution in [-0.2, 0) is 0 Å². The van der Waals surface area contributed by atoms with Crippen LogP contribution >= 0.6 is 15.9 Å². The molecular formula is C12H19Br. The van der Waals surface area contributed by atoms with Crippen molar-refractivity contribution in [2.45, 2.75) is 44.9 Å². The predicted molar refractivity (Wildman–Crippen MR) is 59.0 cm³/mol. The number of alkyl halides is 1. The van der Waals surface area contributed by atoms with Gasteiger partial charge in [-0.15, -0.1) is 0 Å². The molecule has 3 unspecified atom stereocenters. The molecule has 74 valence electrons. The minimum absolute atomic E-state index is 0.764. The molecule has 13 heavy (non-hydrogen) atoms. The van der Waals surface area contributed by atoms with Crippen LogP contribution in [0.4, 0.5) is 0 Å². The summed E-state index contributed by atoms with van der Waals surface area (Å²) in [4.78, 5) is 0. The van der Waals surface area contributed by atoms with Crippen molar-refractivity contribution in [2.24, 2.45) is 23.2 Å². The van der Waals surface area contributed by atoms with Crippen molar-refractivity contribution in [1.82, 2.24) is 0 Å². The fourth-order valence-corrected chi connectivity index (χ4v) is 5.21. The summed E-state index contributed by atoms with van der Waals surface area (Å²) in [5, 5.41) is 1.29. The Balaban J connectivity index is 1.78. The molecule has 0 nitrogen and oxygen atoms in total. The fourth-order valence-electron chi connectivity index (χ4n) is 4.23. The molecule has 2 bridgehead atoms. The molecule has 0 N–H and O–H groups in total. The second kappa shape index (κ2) is 2.98. The SMILES string of the molecule is BrCC1(C2CC3CCC2C3)CCC1. The lowest BCUT2D eigenvalue weighted by molar-refractivity contribution is 0.0413. The summed E-state index contributed by atoms with van der Waals surface area (Å²) in [6.45, 7) is 0. The van der Waals surface area contributed by atoms with Crippen molar-refractivity contribution < 1.29 is 0 Å². The van der Waals surface area contributed by atoms with Crippen LogP contribution in [0.25, 0.3) is 0 Å². The third kappa shape index (κ3) is 1.15. The quantitative estimate of drug-likeness (QED) is 0.643. The number of halogens is 1. The maximum Gasteiger partial charge on any atom is 0.00907 e. The van der Waals surface area contributed by atoms with E-state index in [1.807, 2.05) is 0 Å². The van der Waals surface area contributed by atoms with Crippen molar-refractivity contribution in [3.8, 4) is 0 Å². The van der Waals surface area contributed by atoms with Crippen LogP contribution in [-0.4, -0.2) is 5.33 Å². The van der Waals surface area contributed by atoms with Gasteiger partial charge in [0.2, 0.25) is 0 Å². The van der Waals surface area contributed by atoms with Gasteiger partial charge in [0.05, 0.1) is 0 Å². The molecule has 3 atom stereocenters. The van der Waals surface area contributed by atoms with E-state index in [-0.39, 0.29) is 0 Å². The summed E-state index contributed by atoms with van der Waals surface area (Å²) < 4.78 is 0. The van der Waals surface area contributed by atoms with Gasteiger partial charge in [-0.25, -0.2) is 0 Å². The summed E-state index contributed by atoms with van der Waals surface area (Å²) in [5.41, 5.74) is 0.764. The van der Waals surface area contributed by atoms with Crippen LogP contribution in [0.3, 0.4) is 0 Å². The van der Waals surface area contributed by atoms with Gasteiger partial charge in [0.25, 0.3) is 0 Å². The molecule has 3 fully saturated rings. The van der Waals surface area contributed by atoms with Gasteiger partial charge in [-0.2, -0.15) is 0 Å². The fraction of sp³-hybridized carbons (Fsp3) is 1.00. The average Bonchev–Trinajstić information content (AvgIpc) is 2.64. The molecule has 0 spiro atoms. The van der Waals surface area contributed by atoms with E-state index in [1.165, 1.54) is 24.6 Å². The molecule has 1 heteroatoms. The highest BCUT2D eigenvalue weighted by Crippen LogP contribution is 2.61. The van der Waals surface area contributed by atoms with Gasteiger partial charge < -0.3 is 0 Å². The Labute approximate surface area is 89.6 Å². The van der Waals surface area contributed by atoms with E-state index >= 15 is 0 Å². The molecule has 3 rings (SSSR count). The van der Waals surface area contributed by atoms with Gasteiger partial charge in [0.1, 0.15) is 0 Å². The Bertz CT molecular complexity index is 202. The van der Waals surface area contributed by atoms with E-state index in [0.29, 0.717) is 0 Å². The molecule has 3 saturated carbocycles. The molecule has 0 saturated heterocycles. The Kier molecular flexibility index (Phi) is 2.01. The minimum atomic E-state index is 0.764. The Morgan fingerprint density at radius 3 is 2.38 bits per heavy atom. The van der Waals surface area contributed by atoms with Gasteiger partial charge in [-0.1, -0.05) is 28.8 Å². The molecule has 3 aliphatic carbocycles. The highest BCUT2D eigenvalue weighted by molar-refractivity contribution is 9.09. The van der Waals surface area contributed by atoms with Gasteiger partial charge in [-0.05, 0) is 55.3 Å². The van der Waals surface area contributed by atoms with Gasteiger partial charge >= 0.3 is 0 Å². The zero-order valence-electron chi connectivity index (χ0n) is 8.27. The number of hydrogen-bond acceptors (Lipinski definition) is 0. The zero-order valence-corrected chi connectivity index (χ0v) is 9.85. The molecule has 0 heterocycles. The average molecular weight is 243 g/mol. The largest absolute Gasteiger partial charge is 0.0922 e. The second-order valence-electron chi connectivity index (χ2n) is 5.63. The molecule has 3 aliphatic rings. The third-order valence-electron chi connectivity index (χ3n) is 5.14. The van der Waals surface area contributed by atoms with Crippen LogP contribution in [0, 0.1) is 23.2 Å². The van der Waals surface area contributed by atoms with Crippen LogP contribution in [0.15, 0.2) is 0 Å². The lowest BCUT2D eigenvalue weighted by Gasteiger charge is -2.49. The van der Waals surface area contributed by atoms with Gasteiger partial charge in [0, 0.05) is 5.33 Å². The summed E-state index contributed by atoms with van der Waals surface area (Å²) in [6, 6.07) is 0. The van der Waals surface area contributed by atoms with E-state index in [4.69, 9.17) is 0 Å². The first-order valence-electron chi connectivity index (χ1n) is 5.90. The number of rotatable bonds is 2. The molecule has 0 aromatic heterocycles. The van der Waals surface area contributed by atoms with Crippen LogP contribution in [0.5, 0.6) is 0 Å². The van der Waals surface area contributed by atoms with Crippen molar-refractivity contribution in [3.63, 3.8) is 0 Å². The molecule has 0 amide bonds. The molecule has 0 radical (unpaired) electrons. The third-order valence-corrected chi connectivity index (χ3v) is 6.26. The van der Waals surface area contributed by atoms with Crippen molar-refractivity contribution >= 4 is 15.9 Å². The van der Waals surface area contributed by atoms with E-state index < -0.39 is 0 Å². The smallest absolute Gasteiger partial charge is 0.00907 e. The first-order chi connectivity index (χ1) is 6.34. The summed E-state index contributed by atoms with van der Waals surface area (Å²) in [6.07, 6.45) is 10.8. The standard InChI is InChI=1S/C12H19Br/c13-8-12(4-1-5-12)11-7-9-2-3-10(11)6-9/h9-11H,1-8H2. The lowest BCUT2D eigenvalue weighted by Crippen LogP contribution is -2.41. The Morgan fingerprint density at radius 1 is 1.15 bits per heavy atom. The number of hydrogen-bond donors (Lipinski definition) is 0. The summed E-state index contributed by atoms with van der Waals surface area (Å²) in [5.74, 6) is 3.37. The van der Waals surface area contributed by atoms with Crippen LogP contribution < -0.4 is 0 Å². The van der Waals surface area contributed by atoms with E-state index in [2.05, 4.69) is 15.9 Å². The van der Waals surface area contributed by atoms with Gasteiger partial charge in [-0.3, -0.25) is 0 Å². The first-order valence-corrected chi connectivity index (χ1v) is 7.02. The second-order valence-corrected chi connectivity index (χ2v) is 6.19. The highest BCUT2D eigenvalue weighted by Gasteiger charge is 2.52. The topological polar surface area (TPSA) is 0 Å². The minimum Gasteiger partial charge on any atom is -0.0922 e. The monoisotopic (exact) mass is 242 g/mol. The number of fused-ring (bicyclic) bond motifs is 2. The Morgan fingerprint density at radius 2 is 2.00 bits per heavy atom. The van der Waals surface area contributed by atoms with Crippen molar-refractivity contribution in [3.05, 3.63) is 0 Å². The van der Waals surface area contributed by atoms with Crippen molar-refractivity contribution in [2.75, 3.05) is 5.33 Å². The molecule has 0 aliphatic heterocycles.